The van der Waals surface area contributed by atoms with E-state index < -0.39 is 6.10 Å². The predicted octanol–water partition coefficient (Wildman–Crippen LogP) is 4.04. The largest absolute Gasteiger partial charge is 0.390 e. The highest BCUT2D eigenvalue weighted by molar-refractivity contribution is 6.30. The molecule has 160 valence electrons. The van der Waals surface area contributed by atoms with E-state index in [-0.39, 0.29) is 18.5 Å². The lowest BCUT2D eigenvalue weighted by Gasteiger charge is -2.27. The molecule has 1 aliphatic rings. The van der Waals surface area contributed by atoms with Gasteiger partial charge in [-0.1, -0.05) is 53.2 Å². The Balaban J connectivity index is 1.63. The first-order valence-electron chi connectivity index (χ1n) is 9.86. The molecule has 0 fully saturated rings. The molecule has 1 heterocycles. The summed E-state index contributed by atoms with van der Waals surface area (Å²) in [6.45, 7) is 5.68. The van der Waals surface area contributed by atoms with Crippen molar-refractivity contribution in [2.24, 2.45) is 5.16 Å². The molecule has 0 saturated carbocycles. The van der Waals surface area contributed by atoms with Gasteiger partial charge in [-0.2, -0.15) is 0 Å². The molecule has 2 unspecified atom stereocenters. The fourth-order valence-corrected chi connectivity index (χ4v) is 3.62. The molecule has 7 heteroatoms. The molecule has 5 nitrogen and oxygen atoms in total. The van der Waals surface area contributed by atoms with Crippen molar-refractivity contribution in [3.05, 3.63) is 83.2 Å². The Kier molecular flexibility index (Phi) is 8.39. The summed E-state index contributed by atoms with van der Waals surface area (Å²) in [5.41, 5.74) is 2.07. The van der Waals surface area contributed by atoms with Crippen molar-refractivity contribution in [1.82, 2.24) is 4.90 Å². The third-order valence-corrected chi connectivity index (χ3v) is 4.92. The second-order valence-corrected chi connectivity index (χ2v) is 7.69. The number of aliphatic hydroxyl groups is 1. The molecule has 1 aliphatic heterocycles. The van der Waals surface area contributed by atoms with Crippen molar-refractivity contribution < 1.29 is 19.1 Å². The first-order valence-corrected chi connectivity index (χ1v) is 10.2. The van der Waals surface area contributed by atoms with Crippen LogP contribution in [-0.4, -0.2) is 54.2 Å². The van der Waals surface area contributed by atoms with Gasteiger partial charge in [0.2, 0.25) is 0 Å². The van der Waals surface area contributed by atoms with Crippen LogP contribution in [0.4, 0.5) is 4.39 Å². The number of hydrogen-bond acceptors (Lipinski definition) is 5. The third-order valence-electron chi connectivity index (χ3n) is 4.69. The lowest BCUT2D eigenvalue weighted by Crippen LogP contribution is -2.39. The van der Waals surface area contributed by atoms with Crippen LogP contribution in [0.25, 0.3) is 0 Å². The molecular weight excluding hydrogens is 407 g/mol. The highest BCUT2D eigenvalue weighted by Gasteiger charge is 2.27. The van der Waals surface area contributed by atoms with Crippen molar-refractivity contribution in [3.63, 3.8) is 0 Å². The molecule has 0 radical (unpaired) electrons. The van der Waals surface area contributed by atoms with Gasteiger partial charge in [0, 0.05) is 36.6 Å². The Morgan fingerprint density at radius 2 is 2.17 bits per heavy atom. The van der Waals surface area contributed by atoms with Crippen LogP contribution in [0.15, 0.2) is 66.3 Å². The standard InChI is InChI=1S/C23H26ClFN2O3/c1-2-10-29-16-19(28)14-27(13-17-6-5-7-18(24)11-17)15-20-12-23(26-30-20)21-8-3-4-9-22(21)25/h2-9,11,19-20,28H,1,10,12-16H2. The fraction of sp³-hybridized carbons (Fsp3) is 0.348. The zero-order chi connectivity index (χ0) is 21.3. The number of hydrogen-bond donors (Lipinski definition) is 1. The van der Waals surface area contributed by atoms with E-state index in [2.05, 4.69) is 16.6 Å². The summed E-state index contributed by atoms with van der Waals surface area (Å²) in [5.74, 6) is -0.314. The topological polar surface area (TPSA) is 54.3 Å². The van der Waals surface area contributed by atoms with Gasteiger partial charge in [-0.15, -0.1) is 6.58 Å². The van der Waals surface area contributed by atoms with E-state index in [9.17, 15) is 9.50 Å². The van der Waals surface area contributed by atoms with Crippen LogP contribution in [-0.2, 0) is 16.1 Å². The van der Waals surface area contributed by atoms with Crippen molar-refractivity contribution in [3.8, 4) is 0 Å². The quantitative estimate of drug-likeness (QED) is 0.430. The molecule has 2 atom stereocenters. The molecule has 0 aliphatic carbocycles. The lowest BCUT2D eigenvalue weighted by molar-refractivity contribution is 0.00336. The van der Waals surface area contributed by atoms with Gasteiger partial charge >= 0.3 is 0 Å². The van der Waals surface area contributed by atoms with Crippen LogP contribution in [0.2, 0.25) is 5.02 Å². The van der Waals surface area contributed by atoms with Crippen molar-refractivity contribution in [2.45, 2.75) is 25.2 Å². The maximum Gasteiger partial charge on any atom is 0.145 e. The summed E-state index contributed by atoms with van der Waals surface area (Å²) in [6.07, 6.45) is 1.23. The Morgan fingerprint density at radius 3 is 2.93 bits per heavy atom. The van der Waals surface area contributed by atoms with E-state index in [1.165, 1.54) is 6.07 Å². The fourth-order valence-electron chi connectivity index (χ4n) is 3.40. The molecule has 1 N–H and O–H groups in total. The van der Waals surface area contributed by atoms with Crippen LogP contribution in [0.1, 0.15) is 17.5 Å². The normalized spacial score (nSPS) is 16.9. The van der Waals surface area contributed by atoms with Crippen LogP contribution in [0, 0.1) is 5.82 Å². The zero-order valence-corrected chi connectivity index (χ0v) is 17.5. The van der Waals surface area contributed by atoms with E-state index in [4.69, 9.17) is 21.2 Å². The number of aliphatic hydroxyl groups excluding tert-OH is 1. The van der Waals surface area contributed by atoms with E-state index in [1.807, 2.05) is 24.3 Å². The van der Waals surface area contributed by atoms with Crippen molar-refractivity contribution in [1.29, 1.82) is 0 Å². The molecule has 30 heavy (non-hydrogen) atoms. The summed E-state index contributed by atoms with van der Waals surface area (Å²) in [6, 6.07) is 14.1. The first kappa shape index (κ1) is 22.4. The van der Waals surface area contributed by atoms with Gasteiger partial charge in [-0.05, 0) is 23.8 Å². The minimum atomic E-state index is -0.669. The maximum absolute atomic E-state index is 14.1. The van der Waals surface area contributed by atoms with Gasteiger partial charge < -0.3 is 14.7 Å². The Morgan fingerprint density at radius 1 is 1.33 bits per heavy atom. The monoisotopic (exact) mass is 432 g/mol. The molecule has 0 saturated heterocycles. The van der Waals surface area contributed by atoms with E-state index in [1.54, 1.807) is 24.3 Å². The molecule has 0 aromatic heterocycles. The third kappa shape index (κ3) is 6.64. The van der Waals surface area contributed by atoms with Gasteiger partial charge in [0.05, 0.1) is 25.0 Å². The summed E-state index contributed by atoms with van der Waals surface area (Å²) in [4.78, 5) is 7.64. The first-order chi connectivity index (χ1) is 14.5. The van der Waals surface area contributed by atoms with Gasteiger partial charge in [-0.3, -0.25) is 4.90 Å². The SMILES string of the molecule is C=CCOCC(O)CN(Cc1cccc(Cl)c1)CC1CC(c2ccccc2F)=NO1. The van der Waals surface area contributed by atoms with Crippen LogP contribution >= 0.6 is 11.6 Å². The van der Waals surface area contributed by atoms with Gasteiger partial charge in [0.25, 0.3) is 0 Å². The molecule has 3 rings (SSSR count). The summed E-state index contributed by atoms with van der Waals surface area (Å²) in [5, 5.41) is 15.1. The highest BCUT2D eigenvalue weighted by Crippen LogP contribution is 2.21. The maximum atomic E-state index is 14.1. The number of halogens is 2. The smallest absolute Gasteiger partial charge is 0.145 e. The second kappa shape index (κ2) is 11.2. The summed E-state index contributed by atoms with van der Waals surface area (Å²) < 4.78 is 19.4. The minimum absolute atomic E-state index is 0.209. The Labute approximate surface area is 181 Å². The molecule has 0 amide bonds. The van der Waals surface area contributed by atoms with Crippen LogP contribution in [0.3, 0.4) is 0 Å². The molecular formula is C23H26ClFN2O3. The van der Waals surface area contributed by atoms with Gasteiger partial charge in [0.15, 0.2) is 0 Å². The van der Waals surface area contributed by atoms with Gasteiger partial charge in [0.1, 0.15) is 11.9 Å². The van der Waals surface area contributed by atoms with Gasteiger partial charge in [-0.25, -0.2) is 4.39 Å². The number of rotatable bonds is 11. The van der Waals surface area contributed by atoms with Crippen molar-refractivity contribution in [2.75, 3.05) is 26.3 Å². The van der Waals surface area contributed by atoms with E-state index in [0.29, 0.717) is 49.0 Å². The number of nitrogens with zero attached hydrogens (tertiary/aromatic N) is 2. The van der Waals surface area contributed by atoms with Crippen LogP contribution < -0.4 is 0 Å². The van der Waals surface area contributed by atoms with E-state index in [0.717, 1.165) is 5.56 Å². The average Bonchev–Trinajstić information content (AvgIpc) is 3.16. The second-order valence-electron chi connectivity index (χ2n) is 7.25. The Hall–Kier alpha value is -2.25. The molecule has 0 bridgehead atoms. The molecule has 0 spiro atoms. The molecule has 2 aromatic carbocycles. The number of ether oxygens (including phenoxy) is 1. The number of oxime groups is 1. The Bertz CT molecular complexity index is 877. The lowest BCUT2D eigenvalue weighted by atomic mass is 10.0. The van der Waals surface area contributed by atoms with E-state index >= 15 is 0 Å². The van der Waals surface area contributed by atoms with Crippen molar-refractivity contribution >= 4 is 17.3 Å². The summed E-state index contributed by atoms with van der Waals surface area (Å²) >= 11 is 6.11. The molecule has 2 aromatic rings. The summed E-state index contributed by atoms with van der Waals surface area (Å²) in [7, 11) is 0. The minimum Gasteiger partial charge on any atom is -0.390 e. The number of benzene rings is 2. The zero-order valence-electron chi connectivity index (χ0n) is 16.7. The highest BCUT2D eigenvalue weighted by atomic mass is 35.5. The average molecular weight is 433 g/mol. The predicted molar refractivity (Wildman–Crippen MR) is 116 cm³/mol. The van der Waals surface area contributed by atoms with Crippen LogP contribution in [0.5, 0.6) is 0 Å².